The highest BCUT2D eigenvalue weighted by molar-refractivity contribution is 7.51. The maximum Gasteiger partial charge on any atom is 0.329 e. The van der Waals surface area contributed by atoms with Crippen molar-refractivity contribution in [3.05, 3.63) is 32.6 Å². The van der Waals surface area contributed by atoms with E-state index in [9.17, 15) is 14.2 Å². The molecule has 0 unspecified atom stereocenters. The van der Waals surface area contributed by atoms with Crippen molar-refractivity contribution >= 4 is 13.8 Å². The first-order chi connectivity index (χ1) is 7.88. The second-order valence-corrected chi connectivity index (χ2v) is 4.76. The molecular weight excluding hydrogens is 253 g/mol. The van der Waals surface area contributed by atoms with E-state index in [2.05, 4.69) is 15.0 Å². The third kappa shape index (κ3) is 5.25. The number of nitrogens with zero attached hydrogens (tertiary/aromatic N) is 1. The summed E-state index contributed by atoms with van der Waals surface area (Å²) in [5.74, 6) is 0. The summed E-state index contributed by atoms with van der Waals surface area (Å²) in [4.78, 5) is 47.5. The van der Waals surface area contributed by atoms with Crippen molar-refractivity contribution in [3.63, 3.8) is 0 Å². The Kier molecular flexibility index (Phi) is 4.38. The van der Waals surface area contributed by atoms with E-state index in [1.807, 2.05) is 4.98 Å². The minimum Gasteiger partial charge on any atom is -0.395 e. The van der Waals surface area contributed by atoms with Gasteiger partial charge in [0.15, 0.2) is 0 Å². The highest BCUT2D eigenvalue weighted by Crippen LogP contribution is 2.33. The van der Waals surface area contributed by atoms with E-state index in [0.717, 1.165) is 12.4 Å². The fourth-order valence-corrected chi connectivity index (χ4v) is 1.14. The van der Waals surface area contributed by atoms with Crippen LogP contribution in [0.5, 0.6) is 0 Å². The molecule has 17 heavy (non-hydrogen) atoms. The van der Waals surface area contributed by atoms with Gasteiger partial charge in [0.2, 0.25) is 0 Å². The van der Waals surface area contributed by atoms with Gasteiger partial charge in [-0.2, -0.15) is 0 Å². The van der Waals surface area contributed by atoms with Crippen LogP contribution in [0.2, 0.25) is 0 Å². The summed E-state index contributed by atoms with van der Waals surface area (Å²) >= 11 is 0. The van der Waals surface area contributed by atoms with Gasteiger partial charge in [-0.1, -0.05) is 5.16 Å². The molecule has 0 aliphatic carbocycles. The molecule has 4 N–H and O–H groups in total. The van der Waals surface area contributed by atoms with Gasteiger partial charge in [-0.05, 0) is 0 Å². The van der Waals surface area contributed by atoms with Crippen LogP contribution in [0.15, 0.2) is 20.9 Å². The zero-order valence-electron chi connectivity index (χ0n) is 8.49. The van der Waals surface area contributed by atoms with Gasteiger partial charge in [0.1, 0.15) is 6.61 Å². The van der Waals surface area contributed by atoms with Crippen molar-refractivity contribution in [3.8, 4) is 0 Å². The van der Waals surface area contributed by atoms with Crippen LogP contribution in [-0.4, -0.2) is 38.7 Å². The molecular formula is C7H10N3O6P. The lowest BCUT2D eigenvalue weighted by Gasteiger charge is -2.01. The number of aromatic nitrogens is 2. The van der Waals surface area contributed by atoms with Crippen molar-refractivity contribution in [2.75, 3.05) is 12.8 Å². The molecule has 0 atom stereocenters. The van der Waals surface area contributed by atoms with E-state index in [4.69, 9.17) is 9.79 Å². The topological polar surface area (TPSA) is 145 Å². The molecule has 0 saturated heterocycles. The summed E-state index contributed by atoms with van der Waals surface area (Å²) < 4.78 is 10.4. The first kappa shape index (κ1) is 13.4. The van der Waals surface area contributed by atoms with Gasteiger partial charge in [-0.3, -0.25) is 14.3 Å². The molecule has 0 amide bonds. The lowest BCUT2D eigenvalue weighted by atomic mass is 10.4. The Labute approximate surface area is 94.3 Å². The van der Waals surface area contributed by atoms with Gasteiger partial charge in [-0.15, -0.1) is 0 Å². The minimum absolute atomic E-state index is 0.0563. The van der Waals surface area contributed by atoms with Crippen molar-refractivity contribution in [1.29, 1.82) is 0 Å². The molecule has 0 spiro atoms. The molecule has 0 fully saturated rings. The fraction of sp³-hybridized carbons (Fsp3) is 0.286. The first-order valence-electron chi connectivity index (χ1n) is 4.40. The van der Waals surface area contributed by atoms with E-state index in [0.29, 0.717) is 0 Å². The lowest BCUT2D eigenvalue weighted by Crippen LogP contribution is -2.24. The Hall–Kier alpha value is -1.70. The van der Waals surface area contributed by atoms with Gasteiger partial charge >= 0.3 is 13.3 Å². The zero-order valence-corrected chi connectivity index (χ0v) is 9.39. The van der Waals surface area contributed by atoms with E-state index in [-0.39, 0.29) is 12.2 Å². The Bertz CT molecular complexity index is 555. The average molecular weight is 263 g/mol. The number of nitrogens with one attached hydrogen (secondary N) is 2. The number of hydrogen-bond donors (Lipinski definition) is 4. The molecule has 1 heterocycles. The van der Waals surface area contributed by atoms with Crippen LogP contribution in [0.4, 0.5) is 0 Å². The second kappa shape index (κ2) is 5.58. The van der Waals surface area contributed by atoms with Gasteiger partial charge < -0.3 is 19.6 Å². The molecule has 1 rings (SSSR count). The largest absolute Gasteiger partial charge is 0.395 e. The molecule has 1 aromatic heterocycles. The number of H-pyrrole nitrogens is 2. The second-order valence-electron chi connectivity index (χ2n) is 2.98. The predicted molar refractivity (Wildman–Crippen MR) is 58.1 cm³/mol. The number of oxime groups is 1. The Morgan fingerprint density at radius 3 is 2.76 bits per heavy atom. The predicted octanol–water partition coefficient (Wildman–Crippen LogP) is -1.41. The van der Waals surface area contributed by atoms with E-state index in [1.54, 1.807) is 0 Å². The highest BCUT2D eigenvalue weighted by atomic mass is 31.2. The SMILES string of the molecule is O=c1[nH]cc(/C=N/OCCP(=O)(O)O)c(=O)[nH]1. The molecule has 0 saturated carbocycles. The molecule has 10 heteroatoms. The molecule has 0 aliphatic rings. The van der Waals surface area contributed by atoms with Crippen LogP contribution in [0.3, 0.4) is 0 Å². The first-order valence-corrected chi connectivity index (χ1v) is 6.20. The Balaban J connectivity index is 2.52. The summed E-state index contributed by atoms with van der Waals surface area (Å²) in [5, 5.41) is 3.32. The van der Waals surface area contributed by atoms with Gasteiger partial charge in [0.05, 0.1) is 17.9 Å². The van der Waals surface area contributed by atoms with E-state index in [1.165, 1.54) is 0 Å². The van der Waals surface area contributed by atoms with Gasteiger partial charge in [-0.25, -0.2) is 4.79 Å². The maximum atomic E-state index is 11.1. The molecule has 0 radical (unpaired) electrons. The van der Waals surface area contributed by atoms with E-state index < -0.39 is 25.0 Å². The van der Waals surface area contributed by atoms with E-state index >= 15 is 0 Å². The van der Waals surface area contributed by atoms with Gasteiger partial charge in [0.25, 0.3) is 5.56 Å². The van der Waals surface area contributed by atoms with Crippen LogP contribution in [0.1, 0.15) is 5.56 Å². The smallest absolute Gasteiger partial charge is 0.329 e. The minimum atomic E-state index is -4.11. The summed E-state index contributed by atoms with van der Waals surface area (Å²) in [6, 6.07) is 0. The summed E-state index contributed by atoms with van der Waals surface area (Å²) in [7, 11) is -4.11. The number of hydrogen-bond acceptors (Lipinski definition) is 5. The van der Waals surface area contributed by atoms with Crippen LogP contribution >= 0.6 is 7.60 Å². The molecule has 0 aliphatic heterocycles. The van der Waals surface area contributed by atoms with Crippen LogP contribution in [-0.2, 0) is 9.40 Å². The summed E-state index contributed by atoms with van der Waals surface area (Å²) in [6.45, 7) is -0.276. The summed E-state index contributed by atoms with van der Waals surface area (Å²) in [6.07, 6.45) is 1.69. The number of aromatic amines is 2. The Morgan fingerprint density at radius 1 is 1.47 bits per heavy atom. The van der Waals surface area contributed by atoms with Crippen molar-refractivity contribution in [1.82, 2.24) is 9.97 Å². The highest BCUT2D eigenvalue weighted by Gasteiger charge is 2.11. The monoisotopic (exact) mass is 263 g/mol. The molecule has 0 aromatic carbocycles. The van der Waals surface area contributed by atoms with Crippen molar-refractivity contribution < 1.29 is 19.2 Å². The maximum absolute atomic E-state index is 11.1. The molecule has 1 aromatic rings. The summed E-state index contributed by atoms with van der Waals surface area (Å²) in [5.41, 5.74) is -1.23. The van der Waals surface area contributed by atoms with Crippen molar-refractivity contribution in [2.24, 2.45) is 5.16 Å². The number of rotatable bonds is 5. The van der Waals surface area contributed by atoms with Crippen LogP contribution in [0, 0.1) is 0 Å². The quantitative estimate of drug-likeness (QED) is 0.222. The Morgan fingerprint density at radius 2 is 2.18 bits per heavy atom. The fourth-order valence-electron chi connectivity index (χ4n) is 0.823. The lowest BCUT2D eigenvalue weighted by molar-refractivity contribution is 0.158. The molecule has 94 valence electrons. The standard InChI is InChI=1S/C7H10N3O6P/c11-6-5(3-8-7(12)10-6)4-9-16-1-2-17(13,14)15/h3-4H,1-2H2,(H2,13,14,15)(H2,8,10,11,12)/b9-4+. The van der Waals surface area contributed by atoms with Crippen LogP contribution < -0.4 is 11.2 Å². The zero-order chi connectivity index (χ0) is 12.9. The van der Waals surface area contributed by atoms with Crippen LogP contribution in [0.25, 0.3) is 0 Å². The molecule has 0 bridgehead atoms. The normalized spacial score (nSPS) is 11.9. The van der Waals surface area contributed by atoms with Crippen molar-refractivity contribution in [2.45, 2.75) is 0 Å². The third-order valence-electron chi connectivity index (χ3n) is 1.59. The third-order valence-corrected chi connectivity index (χ3v) is 2.35. The molecule has 9 nitrogen and oxygen atoms in total. The average Bonchev–Trinajstić information content (AvgIpc) is 2.18. The van der Waals surface area contributed by atoms with Gasteiger partial charge in [0, 0.05) is 6.20 Å².